The summed E-state index contributed by atoms with van der Waals surface area (Å²) in [5.74, 6) is 0.395. The number of fused-ring (bicyclic) bond motifs is 1. The van der Waals surface area contributed by atoms with Crippen molar-refractivity contribution >= 4 is 29.9 Å². The number of anilines is 2. The first-order valence-corrected chi connectivity index (χ1v) is 10.4. The fraction of sp³-hybridized carbons (Fsp3) is 0.556. The molecule has 2 saturated heterocycles. The lowest BCUT2D eigenvalue weighted by Crippen LogP contribution is -2.39. The molecule has 29 heavy (non-hydrogen) atoms. The van der Waals surface area contributed by atoms with Crippen LogP contribution in [0, 0.1) is 0 Å². The third-order valence-corrected chi connectivity index (χ3v) is 5.87. The van der Waals surface area contributed by atoms with Crippen molar-refractivity contribution in [1.82, 2.24) is 29.8 Å². The SMILES string of the molecule is FC1COCCC1Nc1nc2c(N3CCCC(S)C3)c(-c3cn[nH]c3)ncn2n1. The van der Waals surface area contributed by atoms with Crippen LogP contribution in [0.1, 0.15) is 19.3 Å². The largest absolute Gasteiger partial charge is 0.378 e. The van der Waals surface area contributed by atoms with Crippen LogP contribution in [0.2, 0.25) is 0 Å². The summed E-state index contributed by atoms with van der Waals surface area (Å²) in [5.41, 5.74) is 3.26. The van der Waals surface area contributed by atoms with Gasteiger partial charge in [-0.15, -0.1) is 5.10 Å². The molecule has 3 unspecified atom stereocenters. The molecule has 0 aliphatic carbocycles. The Kier molecular flexibility index (Phi) is 5.00. The molecule has 0 radical (unpaired) electrons. The van der Waals surface area contributed by atoms with Gasteiger partial charge in [0.1, 0.15) is 23.9 Å². The maximum absolute atomic E-state index is 14.2. The van der Waals surface area contributed by atoms with Crippen molar-refractivity contribution in [2.24, 2.45) is 0 Å². The van der Waals surface area contributed by atoms with E-state index in [-0.39, 0.29) is 17.9 Å². The normalized spacial score (nSPS) is 25.4. The third-order valence-electron chi connectivity index (χ3n) is 5.45. The molecule has 0 bridgehead atoms. The molecule has 5 heterocycles. The number of nitrogens with one attached hydrogen (secondary N) is 2. The lowest BCUT2D eigenvalue weighted by Gasteiger charge is -2.33. The summed E-state index contributed by atoms with van der Waals surface area (Å²) in [5, 5.41) is 14.8. The van der Waals surface area contributed by atoms with Crippen molar-refractivity contribution < 1.29 is 9.13 Å². The summed E-state index contributed by atoms with van der Waals surface area (Å²) in [6.07, 6.45) is 6.82. The van der Waals surface area contributed by atoms with Gasteiger partial charge in [0.05, 0.1) is 18.8 Å². The predicted molar refractivity (Wildman–Crippen MR) is 110 cm³/mol. The van der Waals surface area contributed by atoms with Crippen LogP contribution in [0.25, 0.3) is 16.9 Å². The summed E-state index contributed by atoms with van der Waals surface area (Å²) < 4.78 is 21.0. The molecule has 2 N–H and O–H groups in total. The molecule has 2 fully saturated rings. The van der Waals surface area contributed by atoms with Crippen molar-refractivity contribution in [3.8, 4) is 11.3 Å². The van der Waals surface area contributed by atoms with E-state index in [0.29, 0.717) is 24.6 Å². The summed E-state index contributed by atoms with van der Waals surface area (Å²) in [6.45, 7) is 2.32. The number of hydrogen-bond donors (Lipinski definition) is 3. The number of aromatic nitrogens is 6. The van der Waals surface area contributed by atoms with Crippen LogP contribution in [0.15, 0.2) is 18.7 Å². The maximum Gasteiger partial charge on any atom is 0.243 e. The van der Waals surface area contributed by atoms with Crippen molar-refractivity contribution in [3.63, 3.8) is 0 Å². The van der Waals surface area contributed by atoms with E-state index in [9.17, 15) is 4.39 Å². The van der Waals surface area contributed by atoms with Crippen LogP contribution >= 0.6 is 12.6 Å². The van der Waals surface area contributed by atoms with Gasteiger partial charge in [0.25, 0.3) is 0 Å². The van der Waals surface area contributed by atoms with Crippen molar-refractivity contribution in [3.05, 3.63) is 18.7 Å². The molecule has 5 rings (SSSR count). The van der Waals surface area contributed by atoms with Gasteiger partial charge in [0.2, 0.25) is 5.95 Å². The van der Waals surface area contributed by atoms with Gasteiger partial charge >= 0.3 is 0 Å². The number of alkyl halides is 1. The lowest BCUT2D eigenvalue weighted by atomic mass is 10.1. The Bertz CT molecular complexity index is 980. The van der Waals surface area contributed by atoms with E-state index in [0.717, 1.165) is 42.9 Å². The molecule has 154 valence electrons. The van der Waals surface area contributed by atoms with Gasteiger partial charge in [-0.3, -0.25) is 5.10 Å². The monoisotopic (exact) mass is 418 g/mol. The highest BCUT2D eigenvalue weighted by atomic mass is 32.1. The average molecular weight is 419 g/mol. The van der Waals surface area contributed by atoms with Gasteiger partial charge in [-0.1, -0.05) is 0 Å². The summed E-state index contributed by atoms with van der Waals surface area (Å²) in [7, 11) is 0. The Hall–Kier alpha value is -2.40. The van der Waals surface area contributed by atoms with E-state index < -0.39 is 6.17 Å². The van der Waals surface area contributed by atoms with Crippen molar-refractivity contribution in [2.45, 2.75) is 36.7 Å². The zero-order valence-corrected chi connectivity index (χ0v) is 16.7. The first-order chi connectivity index (χ1) is 14.2. The van der Waals surface area contributed by atoms with Crippen LogP contribution in [0.3, 0.4) is 0 Å². The molecule has 3 aromatic rings. The lowest BCUT2D eigenvalue weighted by molar-refractivity contribution is 0.0284. The molecule has 3 aromatic heterocycles. The third kappa shape index (κ3) is 3.64. The van der Waals surface area contributed by atoms with Crippen LogP contribution in [-0.4, -0.2) is 73.5 Å². The molecule has 0 saturated carbocycles. The number of rotatable bonds is 4. The van der Waals surface area contributed by atoms with Crippen LogP contribution in [-0.2, 0) is 4.74 Å². The molecule has 0 spiro atoms. The molecule has 9 nitrogen and oxygen atoms in total. The minimum Gasteiger partial charge on any atom is -0.378 e. The maximum atomic E-state index is 14.2. The van der Waals surface area contributed by atoms with Crippen molar-refractivity contribution in [2.75, 3.05) is 36.5 Å². The van der Waals surface area contributed by atoms with Gasteiger partial charge in [0, 0.05) is 36.7 Å². The van der Waals surface area contributed by atoms with E-state index in [4.69, 9.17) is 9.72 Å². The molecule has 3 atom stereocenters. The topological polar surface area (TPSA) is 96.3 Å². The van der Waals surface area contributed by atoms with Gasteiger partial charge < -0.3 is 15.0 Å². The quantitative estimate of drug-likeness (QED) is 0.557. The van der Waals surface area contributed by atoms with Crippen LogP contribution < -0.4 is 10.2 Å². The molecule has 2 aliphatic rings. The molecule has 11 heteroatoms. The van der Waals surface area contributed by atoms with E-state index in [1.807, 2.05) is 6.20 Å². The number of nitrogens with zero attached hydrogens (tertiary/aromatic N) is 6. The highest BCUT2D eigenvalue weighted by Crippen LogP contribution is 2.34. The Balaban J connectivity index is 1.56. The fourth-order valence-corrected chi connectivity index (χ4v) is 4.36. The Morgan fingerprint density at radius 3 is 3.07 bits per heavy atom. The smallest absolute Gasteiger partial charge is 0.243 e. The number of ether oxygens (including phenoxy) is 1. The number of thiol groups is 1. The molecule has 2 aliphatic heterocycles. The predicted octanol–water partition coefficient (Wildman–Crippen LogP) is 1.95. The highest BCUT2D eigenvalue weighted by molar-refractivity contribution is 7.81. The fourth-order valence-electron chi connectivity index (χ4n) is 3.98. The number of H-pyrrole nitrogens is 1. The Labute approximate surface area is 172 Å². The minimum absolute atomic E-state index is 0.0968. The first kappa shape index (κ1) is 18.6. The highest BCUT2D eigenvalue weighted by Gasteiger charge is 2.28. The second kappa shape index (κ2) is 7.79. The first-order valence-electron chi connectivity index (χ1n) is 9.85. The number of piperidine rings is 1. The average Bonchev–Trinajstić information content (AvgIpc) is 3.38. The van der Waals surface area contributed by atoms with E-state index in [1.54, 1.807) is 17.0 Å². The standard InChI is InChI=1S/C18H23FN8OS/c19-13-9-28-5-3-14(13)23-18-24-17-16(26-4-1-2-12(29)8-26)15(11-6-21-22-7-11)20-10-27(17)25-18/h6-7,10,12-14,29H,1-5,8-9H2,(H,21,22)(H,23,25). The molecular formula is C18H23FN8OS. The van der Waals surface area contributed by atoms with Gasteiger partial charge in [-0.25, -0.2) is 9.37 Å². The van der Waals surface area contributed by atoms with Gasteiger partial charge in [0.15, 0.2) is 5.65 Å². The van der Waals surface area contributed by atoms with E-state index in [1.165, 1.54) is 0 Å². The zero-order valence-electron chi connectivity index (χ0n) is 15.8. The Morgan fingerprint density at radius 2 is 2.28 bits per heavy atom. The number of hydrogen-bond acceptors (Lipinski definition) is 8. The summed E-state index contributed by atoms with van der Waals surface area (Å²) in [6, 6.07) is -0.359. The molecular weight excluding hydrogens is 395 g/mol. The summed E-state index contributed by atoms with van der Waals surface area (Å²) in [4.78, 5) is 11.6. The molecule has 0 aromatic carbocycles. The number of halogens is 1. The van der Waals surface area contributed by atoms with E-state index >= 15 is 0 Å². The second-order valence-corrected chi connectivity index (χ2v) is 8.24. The molecule has 0 amide bonds. The van der Waals surface area contributed by atoms with Crippen LogP contribution in [0.4, 0.5) is 16.0 Å². The van der Waals surface area contributed by atoms with E-state index in [2.05, 4.69) is 43.1 Å². The van der Waals surface area contributed by atoms with Gasteiger partial charge in [-0.2, -0.15) is 27.2 Å². The Morgan fingerprint density at radius 1 is 1.34 bits per heavy atom. The van der Waals surface area contributed by atoms with Crippen LogP contribution in [0.5, 0.6) is 0 Å². The van der Waals surface area contributed by atoms with Gasteiger partial charge in [-0.05, 0) is 19.3 Å². The minimum atomic E-state index is -1.08. The van der Waals surface area contributed by atoms with Crippen molar-refractivity contribution in [1.29, 1.82) is 0 Å². The summed E-state index contributed by atoms with van der Waals surface area (Å²) >= 11 is 4.69. The second-order valence-electron chi connectivity index (χ2n) is 7.50. The zero-order chi connectivity index (χ0) is 19.8. The number of aromatic amines is 1.